The highest BCUT2D eigenvalue weighted by atomic mass is 16.3. The van der Waals surface area contributed by atoms with Gasteiger partial charge in [-0.15, -0.1) is 0 Å². The minimum absolute atomic E-state index is 0.274. The first-order valence-electron chi connectivity index (χ1n) is 3.13. The second-order valence-corrected chi connectivity index (χ2v) is 2.35. The minimum atomic E-state index is -0.386. The third kappa shape index (κ3) is 1.70. The lowest BCUT2D eigenvalue weighted by atomic mass is 10.3. The first-order chi connectivity index (χ1) is 5.09. The quantitative estimate of drug-likeness (QED) is 0.577. The van der Waals surface area contributed by atoms with E-state index in [-0.39, 0.29) is 16.9 Å². The largest absolute Gasteiger partial charge is 0.504 e. The van der Waals surface area contributed by atoms with E-state index in [4.69, 9.17) is 10.2 Å². The van der Waals surface area contributed by atoms with Gasteiger partial charge in [0.05, 0.1) is 0 Å². The molecule has 0 heterocycles. The molecule has 1 rings (SSSR count). The van der Waals surface area contributed by atoms with E-state index in [1.807, 2.05) is 0 Å². The zero-order valence-electron chi connectivity index (χ0n) is 6.03. The average Bonchev–Trinajstić information content (AvgIpc) is 1.93. The minimum Gasteiger partial charge on any atom is -0.504 e. The Morgan fingerprint density at radius 2 is 1.64 bits per heavy atom. The molecule has 0 amide bonds. The van der Waals surface area contributed by atoms with Crippen LogP contribution in [0.4, 0.5) is 0 Å². The Labute approximate surface area is 63.6 Å². The summed E-state index contributed by atoms with van der Waals surface area (Å²) in [4.78, 5) is 10.8. The summed E-state index contributed by atoms with van der Waals surface area (Å²) in [5.74, 6) is -0.660. The standard InChI is InChI=1S/C8H8O3/c1-5-2-6(9)4-8(11)7(10)3-5/h2-4,10-11H,1H3. The van der Waals surface area contributed by atoms with Gasteiger partial charge in [-0.3, -0.25) is 4.79 Å². The Morgan fingerprint density at radius 3 is 2.27 bits per heavy atom. The van der Waals surface area contributed by atoms with Crippen molar-refractivity contribution in [2.75, 3.05) is 0 Å². The van der Waals surface area contributed by atoms with Crippen LogP contribution >= 0.6 is 0 Å². The summed E-state index contributed by atoms with van der Waals surface area (Å²) in [6, 6.07) is 3.64. The van der Waals surface area contributed by atoms with Crippen LogP contribution in [0.15, 0.2) is 23.0 Å². The van der Waals surface area contributed by atoms with Gasteiger partial charge >= 0.3 is 0 Å². The second kappa shape index (κ2) is 2.62. The molecule has 1 aromatic carbocycles. The number of aromatic hydroxyl groups is 2. The fourth-order valence-corrected chi connectivity index (χ4v) is 0.806. The van der Waals surface area contributed by atoms with E-state index in [1.54, 1.807) is 6.92 Å². The molecular formula is C8H8O3. The normalized spacial score (nSPS) is 9.55. The molecular weight excluding hydrogens is 144 g/mol. The lowest BCUT2D eigenvalue weighted by molar-refractivity contribution is 0.404. The fraction of sp³-hybridized carbons (Fsp3) is 0.125. The van der Waals surface area contributed by atoms with E-state index in [2.05, 4.69) is 0 Å². The number of rotatable bonds is 0. The molecule has 0 saturated carbocycles. The Morgan fingerprint density at radius 1 is 1.09 bits per heavy atom. The van der Waals surface area contributed by atoms with Crippen molar-refractivity contribution in [1.82, 2.24) is 0 Å². The van der Waals surface area contributed by atoms with Gasteiger partial charge < -0.3 is 10.2 Å². The number of hydrogen-bond donors (Lipinski definition) is 2. The molecule has 11 heavy (non-hydrogen) atoms. The van der Waals surface area contributed by atoms with Crippen molar-refractivity contribution in [3.05, 3.63) is 34.0 Å². The maximum Gasteiger partial charge on any atom is 0.182 e. The van der Waals surface area contributed by atoms with E-state index in [0.29, 0.717) is 5.56 Å². The molecule has 2 N–H and O–H groups in total. The van der Waals surface area contributed by atoms with Crippen LogP contribution in [0.25, 0.3) is 0 Å². The van der Waals surface area contributed by atoms with Crippen molar-refractivity contribution < 1.29 is 10.2 Å². The van der Waals surface area contributed by atoms with Crippen LogP contribution in [-0.2, 0) is 0 Å². The maximum atomic E-state index is 10.8. The number of aryl methyl sites for hydroxylation is 1. The third-order valence-electron chi connectivity index (χ3n) is 1.28. The summed E-state index contributed by atoms with van der Waals surface area (Å²) in [5, 5.41) is 17.9. The molecule has 0 radical (unpaired) electrons. The van der Waals surface area contributed by atoms with Gasteiger partial charge in [-0.25, -0.2) is 0 Å². The summed E-state index contributed by atoms with van der Waals surface area (Å²) in [5.41, 5.74) is 0.299. The lowest BCUT2D eigenvalue weighted by Crippen LogP contribution is -1.90. The van der Waals surface area contributed by atoms with E-state index < -0.39 is 0 Å². The van der Waals surface area contributed by atoms with Crippen molar-refractivity contribution in [2.45, 2.75) is 6.92 Å². The van der Waals surface area contributed by atoms with Crippen molar-refractivity contribution in [1.29, 1.82) is 0 Å². The second-order valence-electron chi connectivity index (χ2n) is 2.35. The van der Waals surface area contributed by atoms with Crippen LogP contribution in [0.5, 0.6) is 11.5 Å². The van der Waals surface area contributed by atoms with Gasteiger partial charge in [-0.05, 0) is 24.6 Å². The molecule has 0 unspecified atom stereocenters. The molecule has 1 aromatic rings. The van der Waals surface area contributed by atoms with E-state index in [9.17, 15) is 4.79 Å². The van der Waals surface area contributed by atoms with Crippen LogP contribution in [-0.4, -0.2) is 10.2 Å². The maximum absolute atomic E-state index is 10.8. The molecule has 0 bridgehead atoms. The zero-order valence-corrected chi connectivity index (χ0v) is 6.03. The Kier molecular flexibility index (Phi) is 1.81. The molecule has 0 aromatic heterocycles. The lowest BCUT2D eigenvalue weighted by Gasteiger charge is -1.87. The summed E-state index contributed by atoms with van der Waals surface area (Å²) < 4.78 is 0. The van der Waals surface area contributed by atoms with Gasteiger partial charge in [0.2, 0.25) is 0 Å². The predicted octanol–water partition coefficient (Wildman–Crippen LogP) is 0.766. The first-order valence-corrected chi connectivity index (χ1v) is 3.13. The fourth-order valence-electron chi connectivity index (χ4n) is 0.806. The molecule has 0 atom stereocenters. The van der Waals surface area contributed by atoms with Crippen molar-refractivity contribution in [3.63, 3.8) is 0 Å². The highest BCUT2D eigenvalue weighted by Gasteiger charge is 1.96. The predicted molar refractivity (Wildman–Crippen MR) is 40.8 cm³/mol. The average molecular weight is 152 g/mol. The Balaban J connectivity index is 3.53. The van der Waals surface area contributed by atoms with Gasteiger partial charge in [-0.1, -0.05) is 0 Å². The monoisotopic (exact) mass is 152 g/mol. The first kappa shape index (κ1) is 7.60. The smallest absolute Gasteiger partial charge is 0.182 e. The van der Waals surface area contributed by atoms with Crippen LogP contribution in [0.3, 0.4) is 0 Å². The molecule has 0 spiro atoms. The molecule has 0 fully saturated rings. The summed E-state index contributed by atoms with van der Waals surface area (Å²) >= 11 is 0. The molecule has 0 aliphatic heterocycles. The Hall–Kier alpha value is -1.51. The summed E-state index contributed by atoms with van der Waals surface area (Å²) in [7, 11) is 0. The topological polar surface area (TPSA) is 57.5 Å². The van der Waals surface area contributed by atoms with Crippen LogP contribution in [0, 0.1) is 6.92 Å². The third-order valence-corrected chi connectivity index (χ3v) is 1.28. The van der Waals surface area contributed by atoms with E-state index in [0.717, 1.165) is 6.07 Å². The molecule has 0 saturated heterocycles. The van der Waals surface area contributed by atoms with Crippen molar-refractivity contribution in [3.8, 4) is 11.5 Å². The van der Waals surface area contributed by atoms with Crippen LogP contribution in [0.2, 0.25) is 0 Å². The van der Waals surface area contributed by atoms with Crippen LogP contribution in [0.1, 0.15) is 5.56 Å². The Bertz CT molecular complexity index is 331. The highest BCUT2D eigenvalue weighted by Crippen LogP contribution is 2.20. The summed E-state index contributed by atoms with van der Waals surface area (Å²) in [6.07, 6.45) is 0. The highest BCUT2D eigenvalue weighted by molar-refractivity contribution is 5.37. The number of hydrogen-bond acceptors (Lipinski definition) is 3. The molecule has 0 aliphatic carbocycles. The van der Waals surface area contributed by atoms with Gasteiger partial charge in [-0.2, -0.15) is 0 Å². The van der Waals surface area contributed by atoms with Crippen molar-refractivity contribution >= 4 is 0 Å². The van der Waals surface area contributed by atoms with Gasteiger partial charge in [0.15, 0.2) is 16.9 Å². The molecule has 58 valence electrons. The SMILES string of the molecule is Cc1cc(O)c(O)cc(=O)c1. The molecule has 3 heteroatoms. The molecule has 3 nitrogen and oxygen atoms in total. The van der Waals surface area contributed by atoms with Gasteiger partial charge in [0.1, 0.15) is 0 Å². The zero-order chi connectivity index (χ0) is 8.43. The van der Waals surface area contributed by atoms with Gasteiger partial charge in [0, 0.05) is 6.07 Å². The van der Waals surface area contributed by atoms with Crippen LogP contribution < -0.4 is 5.43 Å². The van der Waals surface area contributed by atoms with Gasteiger partial charge in [0.25, 0.3) is 0 Å². The summed E-state index contributed by atoms with van der Waals surface area (Å²) in [6.45, 7) is 1.67. The van der Waals surface area contributed by atoms with E-state index in [1.165, 1.54) is 12.1 Å². The molecule has 0 aliphatic rings. The van der Waals surface area contributed by atoms with E-state index >= 15 is 0 Å². The van der Waals surface area contributed by atoms with Crippen molar-refractivity contribution in [2.24, 2.45) is 0 Å².